The molecule has 1 aliphatic rings. The maximum Gasteiger partial charge on any atom is 0.326 e. The van der Waals surface area contributed by atoms with Gasteiger partial charge in [0, 0.05) is 6.04 Å². The number of urea groups is 1. The van der Waals surface area contributed by atoms with Gasteiger partial charge >= 0.3 is 12.0 Å². The van der Waals surface area contributed by atoms with Crippen molar-refractivity contribution >= 4 is 12.0 Å². The molecule has 3 unspecified atom stereocenters. The molecular weight excluding hydrogens is 256 g/mol. The zero-order valence-corrected chi connectivity index (χ0v) is 12.8. The first-order valence-electron chi connectivity index (χ1n) is 7.77. The van der Waals surface area contributed by atoms with Crippen LogP contribution in [0.25, 0.3) is 0 Å². The first-order valence-corrected chi connectivity index (χ1v) is 7.77. The fraction of sp³-hybridized carbons (Fsp3) is 0.867. The largest absolute Gasteiger partial charge is 0.480 e. The Balaban J connectivity index is 2.47. The van der Waals surface area contributed by atoms with E-state index in [4.69, 9.17) is 5.11 Å². The van der Waals surface area contributed by atoms with Gasteiger partial charge < -0.3 is 15.7 Å². The summed E-state index contributed by atoms with van der Waals surface area (Å²) in [5.74, 6) is -0.364. The molecule has 0 saturated heterocycles. The van der Waals surface area contributed by atoms with E-state index >= 15 is 0 Å². The van der Waals surface area contributed by atoms with E-state index in [1.54, 1.807) is 0 Å². The van der Waals surface area contributed by atoms with Crippen LogP contribution in [0.4, 0.5) is 4.79 Å². The summed E-state index contributed by atoms with van der Waals surface area (Å²) in [6, 6.07) is -0.981. The Morgan fingerprint density at radius 3 is 2.55 bits per heavy atom. The Labute approximate surface area is 121 Å². The Morgan fingerprint density at radius 2 is 2.00 bits per heavy atom. The minimum Gasteiger partial charge on any atom is -0.480 e. The lowest BCUT2D eigenvalue weighted by Gasteiger charge is -2.30. The molecule has 0 aromatic carbocycles. The summed E-state index contributed by atoms with van der Waals surface area (Å²) in [4.78, 5) is 23.1. The second-order valence-electron chi connectivity index (χ2n) is 5.96. The van der Waals surface area contributed by atoms with E-state index in [9.17, 15) is 9.59 Å². The number of carbonyl (C=O) groups excluding carboxylic acids is 1. The molecule has 1 fully saturated rings. The van der Waals surface area contributed by atoms with Crippen molar-refractivity contribution in [3.8, 4) is 0 Å². The van der Waals surface area contributed by atoms with E-state index < -0.39 is 12.0 Å². The van der Waals surface area contributed by atoms with Crippen molar-refractivity contribution < 1.29 is 14.7 Å². The molecule has 20 heavy (non-hydrogen) atoms. The Hall–Kier alpha value is -1.26. The van der Waals surface area contributed by atoms with Crippen LogP contribution in [0, 0.1) is 11.8 Å². The highest BCUT2D eigenvalue weighted by Gasteiger charge is 2.27. The van der Waals surface area contributed by atoms with E-state index in [0.717, 1.165) is 32.1 Å². The predicted octanol–water partition coefficient (Wildman–Crippen LogP) is 2.75. The number of rotatable bonds is 6. The van der Waals surface area contributed by atoms with Gasteiger partial charge in [-0.2, -0.15) is 0 Å². The standard InChI is InChI=1S/C15H28N2O3/c1-4-10(3)13(14(18)19)17-15(20)16-12-8-6-7-11(5-2)9-12/h10-13H,4-9H2,1-3H3,(H,18,19)(H2,16,17,20)/t10?,11?,12?,13-/m0/s1. The molecule has 0 aromatic heterocycles. The molecule has 0 aliphatic heterocycles. The van der Waals surface area contributed by atoms with E-state index in [1.807, 2.05) is 13.8 Å². The van der Waals surface area contributed by atoms with Gasteiger partial charge in [-0.1, -0.05) is 46.5 Å². The van der Waals surface area contributed by atoms with Gasteiger partial charge in [0.1, 0.15) is 6.04 Å². The number of carbonyl (C=O) groups is 2. The Kier molecular flexibility index (Phi) is 6.82. The summed E-state index contributed by atoms with van der Waals surface area (Å²) in [5.41, 5.74) is 0. The fourth-order valence-corrected chi connectivity index (χ4v) is 2.84. The summed E-state index contributed by atoms with van der Waals surface area (Å²) < 4.78 is 0. The molecule has 4 atom stereocenters. The monoisotopic (exact) mass is 284 g/mol. The van der Waals surface area contributed by atoms with Crippen molar-refractivity contribution in [2.45, 2.75) is 71.4 Å². The van der Waals surface area contributed by atoms with Crippen molar-refractivity contribution in [1.82, 2.24) is 10.6 Å². The maximum atomic E-state index is 12.0. The average Bonchev–Trinajstić information content (AvgIpc) is 2.43. The normalized spacial score (nSPS) is 25.6. The molecule has 0 bridgehead atoms. The molecule has 0 heterocycles. The first kappa shape index (κ1) is 16.8. The van der Waals surface area contributed by atoms with Gasteiger partial charge in [0.15, 0.2) is 0 Å². The minimum absolute atomic E-state index is 0.0759. The number of carboxylic acid groups (broad SMARTS) is 1. The van der Waals surface area contributed by atoms with Crippen LogP contribution < -0.4 is 10.6 Å². The van der Waals surface area contributed by atoms with Crippen molar-refractivity contribution in [2.75, 3.05) is 0 Å². The second kappa shape index (κ2) is 8.12. The molecule has 5 nitrogen and oxygen atoms in total. The van der Waals surface area contributed by atoms with Crippen LogP contribution in [0.1, 0.15) is 59.3 Å². The molecule has 3 N–H and O–H groups in total. The molecular formula is C15H28N2O3. The van der Waals surface area contributed by atoms with Gasteiger partial charge in [-0.05, 0) is 24.7 Å². The van der Waals surface area contributed by atoms with E-state index in [2.05, 4.69) is 17.6 Å². The summed E-state index contributed by atoms with van der Waals surface area (Å²) in [7, 11) is 0. The van der Waals surface area contributed by atoms with Crippen LogP contribution in [-0.4, -0.2) is 29.2 Å². The summed E-state index contributed by atoms with van der Waals surface area (Å²) in [5, 5.41) is 14.7. The highest BCUT2D eigenvalue weighted by atomic mass is 16.4. The molecule has 116 valence electrons. The molecule has 2 amide bonds. The predicted molar refractivity (Wildman–Crippen MR) is 78.6 cm³/mol. The van der Waals surface area contributed by atoms with Crippen molar-refractivity contribution in [1.29, 1.82) is 0 Å². The van der Waals surface area contributed by atoms with E-state index in [-0.39, 0.29) is 18.0 Å². The zero-order chi connectivity index (χ0) is 15.1. The first-order chi connectivity index (χ1) is 9.47. The number of hydrogen-bond acceptors (Lipinski definition) is 2. The summed E-state index contributed by atoms with van der Waals surface area (Å²) in [6.45, 7) is 5.94. The van der Waals surface area contributed by atoms with Gasteiger partial charge in [0.2, 0.25) is 0 Å². The van der Waals surface area contributed by atoms with Gasteiger partial charge in [-0.3, -0.25) is 0 Å². The van der Waals surface area contributed by atoms with Gasteiger partial charge in [0.05, 0.1) is 0 Å². The smallest absolute Gasteiger partial charge is 0.326 e. The molecule has 5 heteroatoms. The zero-order valence-electron chi connectivity index (χ0n) is 12.8. The average molecular weight is 284 g/mol. The Bertz CT molecular complexity index is 333. The topological polar surface area (TPSA) is 78.4 Å². The quantitative estimate of drug-likeness (QED) is 0.701. The van der Waals surface area contributed by atoms with Crippen molar-refractivity contribution in [2.24, 2.45) is 11.8 Å². The molecule has 0 radical (unpaired) electrons. The van der Waals surface area contributed by atoms with E-state index in [1.165, 1.54) is 6.42 Å². The molecule has 0 aromatic rings. The number of amides is 2. The summed E-state index contributed by atoms with van der Waals surface area (Å²) in [6.07, 6.45) is 6.23. The lowest BCUT2D eigenvalue weighted by molar-refractivity contribution is -0.140. The minimum atomic E-state index is -0.968. The summed E-state index contributed by atoms with van der Waals surface area (Å²) >= 11 is 0. The maximum absolute atomic E-state index is 12.0. The van der Waals surface area contributed by atoms with Crippen LogP contribution in [0.5, 0.6) is 0 Å². The van der Waals surface area contributed by atoms with Crippen LogP contribution in [0.15, 0.2) is 0 Å². The number of hydrogen-bond donors (Lipinski definition) is 3. The highest BCUT2D eigenvalue weighted by molar-refractivity contribution is 5.82. The van der Waals surface area contributed by atoms with Crippen LogP contribution >= 0.6 is 0 Å². The van der Waals surface area contributed by atoms with Gasteiger partial charge in [-0.25, -0.2) is 9.59 Å². The fourth-order valence-electron chi connectivity index (χ4n) is 2.84. The van der Waals surface area contributed by atoms with Crippen LogP contribution in [0.3, 0.4) is 0 Å². The van der Waals surface area contributed by atoms with Crippen LogP contribution in [-0.2, 0) is 4.79 Å². The SMILES string of the molecule is CCC1CCCC(NC(=O)N[C@H](C(=O)O)C(C)CC)C1. The lowest BCUT2D eigenvalue weighted by atomic mass is 9.84. The van der Waals surface area contributed by atoms with Crippen molar-refractivity contribution in [3.63, 3.8) is 0 Å². The Morgan fingerprint density at radius 1 is 1.30 bits per heavy atom. The van der Waals surface area contributed by atoms with Gasteiger partial charge in [-0.15, -0.1) is 0 Å². The van der Waals surface area contributed by atoms with E-state index in [0.29, 0.717) is 5.92 Å². The number of nitrogens with one attached hydrogen (secondary N) is 2. The highest BCUT2D eigenvalue weighted by Crippen LogP contribution is 2.26. The third kappa shape index (κ3) is 5.02. The molecule has 0 spiro atoms. The second-order valence-corrected chi connectivity index (χ2v) is 5.96. The molecule has 1 saturated carbocycles. The lowest BCUT2D eigenvalue weighted by Crippen LogP contribution is -2.52. The molecule has 1 rings (SSSR count). The number of carboxylic acids is 1. The van der Waals surface area contributed by atoms with Crippen LogP contribution in [0.2, 0.25) is 0 Å². The third-order valence-corrected chi connectivity index (χ3v) is 4.46. The number of aliphatic carboxylic acids is 1. The molecule has 1 aliphatic carbocycles. The van der Waals surface area contributed by atoms with Gasteiger partial charge in [0.25, 0.3) is 0 Å². The third-order valence-electron chi connectivity index (χ3n) is 4.46. The van der Waals surface area contributed by atoms with Crippen molar-refractivity contribution in [3.05, 3.63) is 0 Å².